The molecule has 4 nitrogen and oxygen atoms in total. The maximum absolute atomic E-state index is 10.5. The summed E-state index contributed by atoms with van der Waals surface area (Å²) in [4.78, 5) is 10.0. The first-order valence-electron chi connectivity index (χ1n) is 3.76. The molecular formula is C9H7BrN2O2. The number of nitrogens with one attached hydrogen (secondary N) is 1. The van der Waals surface area contributed by atoms with Gasteiger partial charge in [-0.05, 0) is 28.1 Å². The van der Waals surface area contributed by atoms with E-state index in [9.17, 15) is 10.1 Å². The Morgan fingerprint density at radius 1 is 1.64 bits per heavy atom. The fourth-order valence-electron chi connectivity index (χ4n) is 0.918. The maximum Gasteiger partial charge on any atom is 0.283 e. The molecule has 0 aromatic heterocycles. The van der Waals surface area contributed by atoms with Gasteiger partial charge in [0.1, 0.15) is 0 Å². The Bertz CT molecular complexity index is 398. The topological polar surface area (TPSA) is 55.2 Å². The van der Waals surface area contributed by atoms with Crippen molar-refractivity contribution in [2.24, 2.45) is 0 Å². The van der Waals surface area contributed by atoms with E-state index in [0.29, 0.717) is 11.0 Å². The van der Waals surface area contributed by atoms with E-state index in [1.165, 1.54) is 6.07 Å². The smallest absolute Gasteiger partial charge is 0.283 e. The van der Waals surface area contributed by atoms with Gasteiger partial charge in [0, 0.05) is 11.8 Å². The van der Waals surface area contributed by atoms with E-state index in [4.69, 9.17) is 6.42 Å². The van der Waals surface area contributed by atoms with Crippen molar-refractivity contribution in [2.75, 3.05) is 11.9 Å². The van der Waals surface area contributed by atoms with E-state index in [1.807, 2.05) is 0 Å². The Morgan fingerprint density at radius 2 is 2.36 bits per heavy atom. The fourth-order valence-corrected chi connectivity index (χ4v) is 1.44. The van der Waals surface area contributed by atoms with Crippen LogP contribution < -0.4 is 5.32 Å². The Balaban J connectivity index is 2.90. The lowest BCUT2D eigenvalue weighted by atomic mass is 10.3. The number of halogens is 1. The number of benzene rings is 1. The molecule has 0 fully saturated rings. The molecule has 0 radical (unpaired) electrons. The third-order valence-corrected chi connectivity index (χ3v) is 2.17. The number of nitro groups is 1. The van der Waals surface area contributed by atoms with Crippen molar-refractivity contribution in [3.05, 3.63) is 32.8 Å². The highest BCUT2D eigenvalue weighted by Gasteiger charge is 2.10. The van der Waals surface area contributed by atoms with Crippen molar-refractivity contribution in [3.8, 4) is 12.3 Å². The van der Waals surface area contributed by atoms with Crippen LogP contribution in [0, 0.1) is 22.5 Å². The zero-order valence-corrected chi connectivity index (χ0v) is 8.74. The van der Waals surface area contributed by atoms with E-state index in [0.717, 1.165) is 5.69 Å². The number of anilines is 1. The second-order valence-electron chi connectivity index (χ2n) is 2.48. The van der Waals surface area contributed by atoms with Crippen molar-refractivity contribution in [3.63, 3.8) is 0 Å². The van der Waals surface area contributed by atoms with Crippen LogP contribution in [0.5, 0.6) is 0 Å². The van der Waals surface area contributed by atoms with Crippen LogP contribution in [0.15, 0.2) is 22.7 Å². The quantitative estimate of drug-likeness (QED) is 0.512. The Labute approximate surface area is 89.6 Å². The Kier molecular flexibility index (Phi) is 3.48. The molecule has 72 valence electrons. The minimum Gasteiger partial charge on any atom is -0.374 e. The number of rotatable bonds is 3. The molecule has 0 amide bonds. The first-order valence-corrected chi connectivity index (χ1v) is 4.55. The molecule has 0 bridgehead atoms. The predicted octanol–water partition coefficient (Wildman–Crippen LogP) is 2.40. The number of nitro benzene ring substituents is 1. The second kappa shape index (κ2) is 4.63. The largest absolute Gasteiger partial charge is 0.374 e. The number of hydrogen-bond donors (Lipinski definition) is 1. The summed E-state index contributed by atoms with van der Waals surface area (Å²) >= 11 is 3.11. The van der Waals surface area contributed by atoms with Crippen LogP contribution in [0.4, 0.5) is 11.4 Å². The van der Waals surface area contributed by atoms with Gasteiger partial charge in [0.05, 0.1) is 15.9 Å². The van der Waals surface area contributed by atoms with E-state index in [2.05, 4.69) is 27.2 Å². The summed E-state index contributed by atoms with van der Waals surface area (Å²) in [5.74, 6) is 2.41. The van der Waals surface area contributed by atoms with Crippen LogP contribution >= 0.6 is 15.9 Å². The second-order valence-corrected chi connectivity index (χ2v) is 3.34. The zero-order valence-electron chi connectivity index (χ0n) is 7.16. The number of terminal acetylenes is 1. The van der Waals surface area contributed by atoms with Crippen LogP contribution in [0.1, 0.15) is 0 Å². The van der Waals surface area contributed by atoms with Gasteiger partial charge in [-0.2, -0.15) is 0 Å². The van der Waals surface area contributed by atoms with Gasteiger partial charge in [-0.15, -0.1) is 6.42 Å². The monoisotopic (exact) mass is 254 g/mol. The lowest BCUT2D eigenvalue weighted by Crippen LogP contribution is -1.98. The van der Waals surface area contributed by atoms with Gasteiger partial charge in [0.25, 0.3) is 5.69 Å². The molecule has 1 aromatic rings. The summed E-state index contributed by atoms with van der Waals surface area (Å²) in [6, 6.07) is 4.65. The molecule has 0 aliphatic carbocycles. The normalized spacial score (nSPS) is 9.14. The van der Waals surface area contributed by atoms with E-state index >= 15 is 0 Å². The molecule has 0 saturated heterocycles. The van der Waals surface area contributed by atoms with E-state index < -0.39 is 4.92 Å². The minimum atomic E-state index is -0.449. The molecule has 1 N–H and O–H groups in total. The average molecular weight is 255 g/mol. The fraction of sp³-hybridized carbons (Fsp3) is 0.111. The zero-order chi connectivity index (χ0) is 10.6. The molecule has 0 unspecified atom stereocenters. The molecular weight excluding hydrogens is 248 g/mol. The number of hydrogen-bond acceptors (Lipinski definition) is 3. The molecule has 0 aliphatic heterocycles. The Hall–Kier alpha value is -1.54. The van der Waals surface area contributed by atoms with Gasteiger partial charge in [0.2, 0.25) is 0 Å². The van der Waals surface area contributed by atoms with Gasteiger partial charge in [-0.25, -0.2) is 0 Å². The highest BCUT2D eigenvalue weighted by Crippen LogP contribution is 2.27. The maximum atomic E-state index is 10.5. The summed E-state index contributed by atoms with van der Waals surface area (Å²) < 4.78 is 0.435. The molecule has 5 heteroatoms. The van der Waals surface area contributed by atoms with Gasteiger partial charge in [-0.3, -0.25) is 10.1 Å². The standard InChI is InChI=1S/C9H7BrN2O2/c1-2-5-11-7-3-4-9(12(13)14)8(10)6-7/h1,3-4,6,11H,5H2. The third kappa shape index (κ3) is 2.47. The summed E-state index contributed by atoms with van der Waals surface area (Å²) in [6.07, 6.45) is 5.06. The summed E-state index contributed by atoms with van der Waals surface area (Å²) in [7, 11) is 0. The highest BCUT2D eigenvalue weighted by molar-refractivity contribution is 9.10. The van der Waals surface area contributed by atoms with Crippen molar-refractivity contribution < 1.29 is 4.92 Å². The number of nitrogens with zero attached hydrogens (tertiary/aromatic N) is 1. The van der Waals surface area contributed by atoms with Gasteiger partial charge in [0.15, 0.2) is 0 Å². The van der Waals surface area contributed by atoms with Crippen molar-refractivity contribution >= 4 is 27.3 Å². The Morgan fingerprint density at radius 3 is 2.86 bits per heavy atom. The first-order chi connectivity index (χ1) is 6.65. The van der Waals surface area contributed by atoms with Crippen LogP contribution in [-0.4, -0.2) is 11.5 Å². The molecule has 0 atom stereocenters. The average Bonchev–Trinajstić information content (AvgIpc) is 2.14. The highest BCUT2D eigenvalue weighted by atomic mass is 79.9. The summed E-state index contributed by atoms with van der Waals surface area (Å²) in [5, 5.41) is 13.4. The molecule has 1 rings (SSSR count). The van der Waals surface area contributed by atoms with Crippen LogP contribution in [0.25, 0.3) is 0 Å². The molecule has 0 aliphatic rings. The van der Waals surface area contributed by atoms with Crippen molar-refractivity contribution in [1.82, 2.24) is 0 Å². The molecule has 0 spiro atoms. The lowest BCUT2D eigenvalue weighted by Gasteiger charge is -2.02. The molecule has 14 heavy (non-hydrogen) atoms. The van der Waals surface area contributed by atoms with E-state index in [1.54, 1.807) is 12.1 Å². The SMILES string of the molecule is C#CCNc1ccc([N+](=O)[O-])c(Br)c1. The van der Waals surface area contributed by atoms with Crippen LogP contribution in [-0.2, 0) is 0 Å². The van der Waals surface area contributed by atoms with Gasteiger partial charge in [-0.1, -0.05) is 5.92 Å². The van der Waals surface area contributed by atoms with E-state index in [-0.39, 0.29) is 5.69 Å². The molecule has 0 saturated carbocycles. The molecule has 0 heterocycles. The molecule has 1 aromatic carbocycles. The van der Waals surface area contributed by atoms with Crippen molar-refractivity contribution in [1.29, 1.82) is 0 Å². The minimum absolute atomic E-state index is 0.0382. The first kappa shape index (κ1) is 10.5. The summed E-state index contributed by atoms with van der Waals surface area (Å²) in [6.45, 7) is 0.393. The van der Waals surface area contributed by atoms with Gasteiger partial charge >= 0.3 is 0 Å². The van der Waals surface area contributed by atoms with Crippen LogP contribution in [0.2, 0.25) is 0 Å². The van der Waals surface area contributed by atoms with Crippen molar-refractivity contribution in [2.45, 2.75) is 0 Å². The van der Waals surface area contributed by atoms with Crippen LogP contribution in [0.3, 0.4) is 0 Å². The lowest BCUT2D eigenvalue weighted by molar-refractivity contribution is -0.385. The summed E-state index contributed by atoms with van der Waals surface area (Å²) in [5.41, 5.74) is 0.789. The van der Waals surface area contributed by atoms with Gasteiger partial charge < -0.3 is 5.32 Å². The predicted molar refractivity (Wildman–Crippen MR) is 58.1 cm³/mol. The third-order valence-electron chi connectivity index (χ3n) is 1.54.